The molecule has 1 fully saturated rings. The first-order chi connectivity index (χ1) is 9.15. The minimum atomic E-state index is -0.279. The number of nitrogens with zero attached hydrogens (tertiary/aromatic N) is 1. The Hall–Kier alpha value is -1.75. The lowest BCUT2D eigenvalue weighted by Crippen LogP contribution is -2.60. The van der Waals surface area contributed by atoms with Gasteiger partial charge in [0.25, 0.3) is 0 Å². The topological polar surface area (TPSA) is 70.7 Å². The van der Waals surface area contributed by atoms with Crippen LogP contribution in [0.2, 0.25) is 0 Å². The molecule has 1 heterocycles. The average Bonchev–Trinajstić information content (AvgIpc) is 2.81. The molecule has 0 saturated heterocycles. The fraction of sp³-hybridized carbons (Fsp3) is 0.429. The summed E-state index contributed by atoms with van der Waals surface area (Å²) in [6.07, 6.45) is 3.42. The molecule has 1 aliphatic carbocycles. The van der Waals surface area contributed by atoms with E-state index < -0.39 is 0 Å². The number of rotatable bonds is 2. The van der Waals surface area contributed by atoms with Crippen LogP contribution in [-0.2, 0) is 4.79 Å². The van der Waals surface area contributed by atoms with Crippen molar-refractivity contribution in [3.8, 4) is 0 Å². The zero-order chi connectivity index (χ0) is 13.4. The monoisotopic (exact) mass is 263 g/mol. The molecule has 3 N–H and O–H groups in total. The minimum absolute atomic E-state index is 0.0227. The Kier molecular flexibility index (Phi) is 3.06. The molecule has 0 aliphatic heterocycles. The van der Waals surface area contributed by atoms with Crippen molar-refractivity contribution in [3.05, 3.63) is 29.7 Å². The van der Waals surface area contributed by atoms with Crippen molar-refractivity contribution in [2.45, 2.75) is 31.6 Å². The van der Waals surface area contributed by atoms with Crippen LogP contribution in [-0.4, -0.2) is 11.1 Å². The van der Waals surface area contributed by atoms with Gasteiger partial charge in [-0.3, -0.25) is 5.73 Å². The molecule has 1 aromatic carbocycles. The highest BCUT2D eigenvalue weighted by Gasteiger charge is 2.30. The summed E-state index contributed by atoms with van der Waals surface area (Å²) in [5.41, 5.74) is 4.93. The molecule has 19 heavy (non-hydrogen) atoms. The third kappa shape index (κ3) is 2.26. The third-order valence-corrected chi connectivity index (χ3v) is 4.03. The summed E-state index contributed by atoms with van der Waals surface area (Å²) in [7, 11) is 0. The summed E-state index contributed by atoms with van der Waals surface area (Å²) >= 11 is 0. The summed E-state index contributed by atoms with van der Waals surface area (Å²) in [6.45, 7) is 0. The number of carbonyl (C=O) groups is 1. The zero-order valence-corrected chi connectivity index (χ0v) is 10.6. The Bertz CT molecular complexity index is 615. The van der Waals surface area contributed by atoms with Crippen molar-refractivity contribution in [1.29, 1.82) is 0 Å². The van der Waals surface area contributed by atoms with Crippen LogP contribution in [0.25, 0.3) is 11.0 Å². The van der Waals surface area contributed by atoms with Gasteiger partial charge in [-0.1, -0.05) is 5.16 Å². The summed E-state index contributed by atoms with van der Waals surface area (Å²) in [4.78, 5) is 11.3. The molecular formula is C14H16FN2O2+. The summed E-state index contributed by atoms with van der Waals surface area (Å²) in [5.74, 6) is 0.0675. The fourth-order valence-electron chi connectivity index (χ4n) is 2.91. The second kappa shape index (κ2) is 4.74. The number of aromatic nitrogens is 1. The number of amides is 1. The first kappa shape index (κ1) is 12.3. The lowest BCUT2D eigenvalue weighted by Gasteiger charge is -2.23. The predicted molar refractivity (Wildman–Crippen MR) is 66.6 cm³/mol. The molecule has 100 valence electrons. The van der Waals surface area contributed by atoms with Gasteiger partial charge in [0.05, 0.1) is 11.6 Å². The smallest absolute Gasteiger partial charge is 0.311 e. The molecule has 0 atom stereocenters. The zero-order valence-electron chi connectivity index (χ0n) is 10.6. The van der Waals surface area contributed by atoms with Gasteiger partial charge in [0.1, 0.15) is 5.82 Å². The van der Waals surface area contributed by atoms with Gasteiger partial charge in [0, 0.05) is 11.3 Å². The van der Waals surface area contributed by atoms with E-state index in [4.69, 9.17) is 4.52 Å². The van der Waals surface area contributed by atoms with E-state index >= 15 is 0 Å². The van der Waals surface area contributed by atoms with Crippen LogP contribution in [0.15, 0.2) is 22.7 Å². The molecule has 2 aromatic rings. The van der Waals surface area contributed by atoms with Crippen LogP contribution >= 0.6 is 0 Å². The van der Waals surface area contributed by atoms with Crippen molar-refractivity contribution in [2.24, 2.45) is 5.92 Å². The number of halogens is 1. The van der Waals surface area contributed by atoms with Crippen LogP contribution in [0.4, 0.5) is 4.39 Å². The van der Waals surface area contributed by atoms with Crippen molar-refractivity contribution in [1.82, 2.24) is 5.16 Å². The summed E-state index contributed by atoms with van der Waals surface area (Å²) in [6, 6.07) is 4.45. The van der Waals surface area contributed by atoms with Crippen molar-refractivity contribution >= 4 is 16.9 Å². The number of hydrogen-bond donors (Lipinski definition) is 1. The first-order valence-electron chi connectivity index (χ1n) is 6.56. The number of fused-ring (bicyclic) bond motifs is 1. The lowest BCUT2D eigenvalue weighted by atomic mass is 9.79. The van der Waals surface area contributed by atoms with Gasteiger partial charge in [-0.2, -0.15) is 0 Å². The van der Waals surface area contributed by atoms with Crippen molar-refractivity contribution in [2.75, 3.05) is 0 Å². The molecule has 1 amide bonds. The molecule has 1 saturated carbocycles. The lowest BCUT2D eigenvalue weighted by molar-refractivity contribution is -0.312. The summed E-state index contributed by atoms with van der Waals surface area (Å²) < 4.78 is 18.5. The van der Waals surface area contributed by atoms with Gasteiger partial charge in [-0.25, -0.2) is 9.18 Å². The minimum Gasteiger partial charge on any atom is -0.356 e. The number of hydrogen-bond acceptors (Lipinski definition) is 3. The van der Waals surface area contributed by atoms with E-state index in [1.54, 1.807) is 6.07 Å². The Balaban J connectivity index is 1.85. The number of benzene rings is 1. The van der Waals surface area contributed by atoms with Gasteiger partial charge in [0.15, 0.2) is 5.58 Å². The van der Waals surface area contributed by atoms with Crippen molar-refractivity contribution < 1.29 is 19.4 Å². The molecule has 0 radical (unpaired) electrons. The molecule has 0 spiro atoms. The highest BCUT2D eigenvalue weighted by atomic mass is 19.1. The van der Waals surface area contributed by atoms with E-state index in [1.165, 1.54) is 12.1 Å². The van der Waals surface area contributed by atoms with Gasteiger partial charge in [0.2, 0.25) is 0 Å². The molecule has 3 rings (SSSR count). The van der Waals surface area contributed by atoms with Crippen LogP contribution in [0, 0.1) is 11.7 Å². The molecule has 1 aromatic heterocycles. The van der Waals surface area contributed by atoms with E-state index in [1.807, 2.05) is 0 Å². The molecule has 1 aliphatic rings. The molecule has 0 bridgehead atoms. The average molecular weight is 263 g/mol. The summed E-state index contributed by atoms with van der Waals surface area (Å²) in [5, 5.41) is 4.84. The van der Waals surface area contributed by atoms with Gasteiger partial charge in [-0.15, -0.1) is 0 Å². The van der Waals surface area contributed by atoms with Crippen LogP contribution in [0.1, 0.15) is 37.3 Å². The maximum Gasteiger partial charge on any atom is 0.311 e. The Morgan fingerprint density at radius 3 is 2.74 bits per heavy atom. The van der Waals surface area contributed by atoms with Crippen LogP contribution in [0.3, 0.4) is 0 Å². The van der Waals surface area contributed by atoms with Gasteiger partial charge < -0.3 is 4.52 Å². The highest BCUT2D eigenvalue weighted by molar-refractivity contribution is 5.80. The predicted octanol–water partition coefficient (Wildman–Crippen LogP) is 2.01. The SMILES string of the molecule is [NH3+]C(=O)C1CCC(c2noc3ccc(F)cc23)CC1. The van der Waals surface area contributed by atoms with Crippen molar-refractivity contribution in [3.63, 3.8) is 0 Å². The Morgan fingerprint density at radius 2 is 2.05 bits per heavy atom. The molecule has 0 unspecified atom stereocenters. The number of quaternary nitrogens is 1. The molecule has 5 heteroatoms. The first-order valence-corrected chi connectivity index (χ1v) is 6.56. The molecular weight excluding hydrogens is 247 g/mol. The second-order valence-corrected chi connectivity index (χ2v) is 5.22. The Morgan fingerprint density at radius 1 is 1.32 bits per heavy atom. The fourth-order valence-corrected chi connectivity index (χ4v) is 2.91. The van der Waals surface area contributed by atoms with E-state index in [2.05, 4.69) is 10.9 Å². The third-order valence-electron chi connectivity index (χ3n) is 4.03. The van der Waals surface area contributed by atoms with E-state index in [9.17, 15) is 9.18 Å². The Labute approximate surface area is 109 Å². The second-order valence-electron chi connectivity index (χ2n) is 5.22. The van der Waals surface area contributed by atoms with E-state index in [-0.39, 0.29) is 23.6 Å². The van der Waals surface area contributed by atoms with E-state index in [0.29, 0.717) is 5.58 Å². The van der Waals surface area contributed by atoms with Crippen LogP contribution in [0.5, 0.6) is 0 Å². The molecule has 4 nitrogen and oxygen atoms in total. The maximum atomic E-state index is 13.3. The van der Waals surface area contributed by atoms with Crippen LogP contribution < -0.4 is 5.73 Å². The van der Waals surface area contributed by atoms with E-state index in [0.717, 1.165) is 36.8 Å². The van der Waals surface area contributed by atoms with Gasteiger partial charge in [-0.05, 0) is 43.9 Å². The standard InChI is InChI=1S/C14H15FN2O2/c15-10-5-6-12-11(7-10)13(17-19-12)8-1-3-9(4-2-8)14(16)18/h5-9H,1-4H2,(H2,16,18)/p+1. The normalized spacial score (nSPS) is 23.7. The highest BCUT2D eigenvalue weighted by Crippen LogP contribution is 2.37. The largest absolute Gasteiger partial charge is 0.356 e. The number of carbonyl (C=O) groups excluding carboxylic acids is 1. The van der Waals surface area contributed by atoms with Gasteiger partial charge >= 0.3 is 5.91 Å². The quantitative estimate of drug-likeness (QED) is 0.901. The maximum absolute atomic E-state index is 13.3.